The Morgan fingerprint density at radius 1 is 1.12 bits per heavy atom. The summed E-state index contributed by atoms with van der Waals surface area (Å²) in [4.78, 5) is 21.9. The molecule has 1 amide bonds. The summed E-state index contributed by atoms with van der Waals surface area (Å²) in [7, 11) is 0. The second-order valence-electron chi connectivity index (χ2n) is 8.33. The lowest BCUT2D eigenvalue weighted by Gasteiger charge is -2.41. The van der Waals surface area contributed by atoms with Gasteiger partial charge in [0, 0.05) is 44.0 Å². The molecule has 0 saturated carbocycles. The minimum absolute atomic E-state index is 0.127. The second-order valence-corrected chi connectivity index (χ2v) is 8.33. The number of likely N-dealkylation sites (tertiary alicyclic amines) is 2. The number of hydrogen-bond donors (Lipinski definition) is 1. The summed E-state index contributed by atoms with van der Waals surface area (Å²) in [6, 6.07) is 4.17. The fourth-order valence-electron chi connectivity index (χ4n) is 3.85. The van der Waals surface area contributed by atoms with E-state index in [2.05, 4.69) is 36.0 Å². The average molecular weight is 345 g/mol. The standard InChI is InChI=1S/C20H32N4O/c1-20(2,3)24-14-9-16(10-15-24)22-18-17(8-7-11-21-18)19(25)23-12-5-4-6-13-23/h7-8,11,16H,4-6,9-10,12-15H2,1-3H3,(H,21,22). The van der Waals surface area contributed by atoms with Crippen LogP contribution in [0.1, 0.15) is 63.2 Å². The zero-order valence-corrected chi connectivity index (χ0v) is 15.9. The maximum atomic E-state index is 12.9. The van der Waals surface area contributed by atoms with Gasteiger partial charge in [-0.05, 0) is 65.0 Å². The molecule has 2 aliphatic rings. The van der Waals surface area contributed by atoms with Crippen LogP contribution in [0.2, 0.25) is 0 Å². The van der Waals surface area contributed by atoms with Crippen molar-refractivity contribution in [3.8, 4) is 0 Å². The zero-order chi connectivity index (χ0) is 17.9. The Hall–Kier alpha value is -1.62. The minimum Gasteiger partial charge on any atom is -0.367 e. The summed E-state index contributed by atoms with van der Waals surface area (Å²) < 4.78 is 0. The molecule has 2 saturated heterocycles. The molecule has 3 heterocycles. The van der Waals surface area contributed by atoms with Crippen molar-refractivity contribution in [2.45, 2.75) is 64.5 Å². The molecule has 0 atom stereocenters. The van der Waals surface area contributed by atoms with Gasteiger partial charge in [0.25, 0.3) is 5.91 Å². The van der Waals surface area contributed by atoms with E-state index in [4.69, 9.17) is 0 Å². The molecule has 0 unspecified atom stereocenters. The van der Waals surface area contributed by atoms with E-state index in [9.17, 15) is 4.79 Å². The van der Waals surface area contributed by atoms with Crippen LogP contribution in [0.15, 0.2) is 18.3 Å². The fraction of sp³-hybridized carbons (Fsp3) is 0.700. The van der Waals surface area contributed by atoms with Crippen molar-refractivity contribution in [1.29, 1.82) is 0 Å². The molecule has 2 fully saturated rings. The molecule has 0 aromatic carbocycles. The number of rotatable bonds is 3. The maximum absolute atomic E-state index is 12.9. The van der Waals surface area contributed by atoms with E-state index in [0.717, 1.165) is 63.2 Å². The molecular weight excluding hydrogens is 312 g/mol. The quantitative estimate of drug-likeness (QED) is 0.913. The van der Waals surface area contributed by atoms with Gasteiger partial charge < -0.3 is 10.2 Å². The molecule has 0 aliphatic carbocycles. The SMILES string of the molecule is CC(C)(C)N1CCC(Nc2ncccc2C(=O)N2CCCCC2)CC1. The van der Waals surface area contributed by atoms with Gasteiger partial charge in [-0.3, -0.25) is 9.69 Å². The van der Waals surface area contributed by atoms with E-state index in [-0.39, 0.29) is 11.4 Å². The van der Waals surface area contributed by atoms with Gasteiger partial charge in [0.2, 0.25) is 0 Å². The zero-order valence-electron chi connectivity index (χ0n) is 15.9. The predicted octanol–water partition coefficient (Wildman–Crippen LogP) is 3.38. The molecule has 2 aliphatic heterocycles. The number of aromatic nitrogens is 1. The van der Waals surface area contributed by atoms with Crippen LogP contribution >= 0.6 is 0 Å². The van der Waals surface area contributed by atoms with Gasteiger partial charge in [-0.25, -0.2) is 4.98 Å². The van der Waals surface area contributed by atoms with Crippen molar-refractivity contribution >= 4 is 11.7 Å². The fourth-order valence-corrected chi connectivity index (χ4v) is 3.85. The van der Waals surface area contributed by atoms with Crippen molar-refractivity contribution in [3.05, 3.63) is 23.9 Å². The van der Waals surface area contributed by atoms with Crippen LogP contribution in [-0.4, -0.2) is 58.5 Å². The summed E-state index contributed by atoms with van der Waals surface area (Å²) in [5, 5.41) is 3.56. The predicted molar refractivity (Wildman–Crippen MR) is 102 cm³/mol. The minimum atomic E-state index is 0.127. The first-order chi connectivity index (χ1) is 11.9. The summed E-state index contributed by atoms with van der Waals surface area (Å²) in [6.45, 7) is 10.7. The molecule has 3 rings (SSSR count). The lowest BCUT2D eigenvalue weighted by molar-refractivity contribution is 0.0725. The first-order valence-corrected chi connectivity index (χ1v) is 9.71. The number of nitrogens with zero attached hydrogens (tertiary/aromatic N) is 3. The van der Waals surface area contributed by atoms with Crippen LogP contribution in [0, 0.1) is 0 Å². The third-order valence-electron chi connectivity index (χ3n) is 5.47. The summed E-state index contributed by atoms with van der Waals surface area (Å²) in [5.74, 6) is 0.884. The molecule has 25 heavy (non-hydrogen) atoms. The molecule has 0 spiro atoms. The largest absolute Gasteiger partial charge is 0.367 e. The molecule has 138 valence electrons. The third kappa shape index (κ3) is 4.51. The number of carbonyl (C=O) groups is 1. The third-order valence-corrected chi connectivity index (χ3v) is 5.47. The highest BCUT2D eigenvalue weighted by atomic mass is 16.2. The first kappa shape index (κ1) is 18.2. The van der Waals surface area contributed by atoms with Crippen molar-refractivity contribution in [3.63, 3.8) is 0 Å². The van der Waals surface area contributed by atoms with Crippen LogP contribution in [0.25, 0.3) is 0 Å². The molecule has 0 radical (unpaired) electrons. The van der Waals surface area contributed by atoms with Crippen LogP contribution in [0.3, 0.4) is 0 Å². The molecule has 0 bridgehead atoms. The number of pyridine rings is 1. The monoisotopic (exact) mass is 344 g/mol. The summed E-state index contributed by atoms with van der Waals surface area (Å²) >= 11 is 0. The Kier molecular flexibility index (Phi) is 5.62. The number of piperidine rings is 2. The molecule has 5 heteroatoms. The van der Waals surface area contributed by atoms with Crippen molar-refractivity contribution in [1.82, 2.24) is 14.8 Å². The Balaban J connectivity index is 1.64. The number of nitrogens with one attached hydrogen (secondary N) is 1. The Bertz CT molecular complexity index is 582. The van der Waals surface area contributed by atoms with Crippen molar-refractivity contribution in [2.75, 3.05) is 31.5 Å². The van der Waals surface area contributed by atoms with E-state index in [1.54, 1.807) is 6.20 Å². The average Bonchev–Trinajstić information content (AvgIpc) is 2.62. The first-order valence-electron chi connectivity index (χ1n) is 9.71. The molecule has 1 aromatic rings. The normalized spacial score (nSPS) is 20.5. The second kappa shape index (κ2) is 7.73. The van der Waals surface area contributed by atoms with Gasteiger partial charge in [-0.1, -0.05) is 0 Å². The lowest BCUT2D eigenvalue weighted by atomic mass is 9.98. The maximum Gasteiger partial charge on any atom is 0.257 e. The van der Waals surface area contributed by atoms with E-state index in [1.807, 2.05) is 17.0 Å². The van der Waals surface area contributed by atoms with E-state index in [0.29, 0.717) is 6.04 Å². The highest BCUT2D eigenvalue weighted by Gasteiger charge is 2.28. The van der Waals surface area contributed by atoms with E-state index >= 15 is 0 Å². The Labute approximate surface area is 151 Å². The van der Waals surface area contributed by atoms with E-state index in [1.165, 1.54) is 6.42 Å². The Morgan fingerprint density at radius 3 is 2.44 bits per heavy atom. The van der Waals surface area contributed by atoms with Gasteiger partial charge in [0.15, 0.2) is 0 Å². The lowest BCUT2D eigenvalue weighted by Crippen LogP contribution is -2.48. The summed E-state index contributed by atoms with van der Waals surface area (Å²) in [5.41, 5.74) is 0.952. The van der Waals surface area contributed by atoms with Gasteiger partial charge in [0.05, 0.1) is 5.56 Å². The number of hydrogen-bond acceptors (Lipinski definition) is 4. The number of amides is 1. The van der Waals surface area contributed by atoms with Crippen LogP contribution < -0.4 is 5.32 Å². The number of carbonyl (C=O) groups excluding carboxylic acids is 1. The summed E-state index contributed by atoms with van der Waals surface area (Å²) in [6.07, 6.45) is 7.41. The smallest absolute Gasteiger partial charge is 0.257 e. The van der Waals surface area contributed by atoms with Gasteiger partial charge in [0.1, 0.15) is 5.82 Å². The number of anilines is 1. The Morgan fingerprint density at radius 2 is 1.80 bits per heavy atom. The van der Waals surface area contributed by atoms with Crippen molar-refractivity contribution in [2.24, 2.45) is 0 Å². The highest BCUT2D eigenvalue weighted by molar-refractivity contribution is 5.98. The van der Waals surface area contributed by atoms with Crippen molar-refractivity contribution < 1.29 is 4.79 Å². The molecular formula is C20H32N4O. The van der Waals surface area contributed by atoms with Gasteiger partial charge in [-0.2, -0.15) is 0 Å². The van der Waals surface area contributed by atoms with E-state index < -0.39 is 0 Å². The highest BCUT2D eigenvalue weighted by Crippen LogP contribution is 2.24. The van der Waals surface area contributed by atoms with Gasteiger partial charge in [-0.15, -0.1) is 0 Å². The van der Waals surface area contributed by atoms with Crippen LogP contribution in [0.4, 0.5) is 5.82 Å². The topological polar surface area (TPSA) is 48.5 Å². The molecule has 5 nitrogen and oxygen atoms in total. The van der Waals surface area contributed by atoms with Gasteiger partial charge >= 0.3 is 0 Å². The molecule has 1 N–H and O–H groups in total. The van der Waals surface area contributed by atoms with Crippen LogP contribution in [-0.2, 0) is 0 Å². The van der Waals surface area contributed by atoms with Crippen LogP contribution in [0.5, 0.6) is 0 Å². The molecule has 1 aromatic heterocycles.